The van der Waals surface area contributed by atoms with Gasteiger partial charge in [0.15, 0.2) is 5.17 Å². The summed E-state index contributed by atoms with van der Waals surface area (Å²) in [5.41, 5.74) is 5.03. The molecule has 38 heavy (non-hydrogen) atoms. The van der Waals surface area contributed by atoms with Crippen molar-refractivity contribution in [3.63, 3.8) is 0 Å². The number of amidine groups is 1. The molecule has 0 aromatic heterocycles. The molecule has 2 amide bonds. The first-order chi connectivity index (χ1) is 18.5. The van der Waals surface area contributed by atoms with Gasteiger partial charge in [-0.25, -0.2) is 4.99 Å². The number of anilines is 1. The van der Waals surface area contributed by atoms with Crippen LogP contribution >= 0.6 is 10.2 Å². The number of hydrogen-bond acceptors (Lipinski definition) is 5. The Labute approximate surface area is 224 Å². The molecular formula is C30H31N5O2S. The van der Waals surface area contributed by atoms with E-state index in [1.54, 1.807) is 6.20 Å². The zero-order chi connectivity index (χ0) is 26.3. The number of fused-ring (bicyclic) bond motifs is 1. The molecule has 3 aromatic carbocycles. The van der Waals surface area contributed by atoms with Crippen LogP contribution in [0.1, 0.15) is 22.8 Å². The van der Waals surface area contributed by atoms with Gasteiger partial charge in [0.25, 0.3) is 5.91 Å². The molecule has 0 radical (unpaired) electrons. The topological polar surface area (TPSA) is 68.2 Å². The van der Waals surface area contributed by atoms with E-state index in [2.05, 4.69) is 63.6 Å². The molecule has 7 nitrogen and oxygen atoms in total. The van der Waals surface area contributed by atoms with Crippen LogP contribution < -0.4 is 10.2 Å². The molecule has 0 bridgehead atoms. The average molecular weight is 526 g/mol. The first kappa shape index (κ1) is 24.5. The number of hydrogen-bond donors (Lipinski definition) is 1. The van der Waals surface area contributed by atoms with Gasteiger partial charge < -0.3 is 15.1 Å². The lowest BCUT2D eigenvalue weighted by molar-refractivity contribution is -0.117. The van der Waals surface area contributed by atoms with Gasteiger partial charge in [0.05, 0.1) is 6.54 Å². The van der Waals surface area contributed by atoms with Gasteiger partial charge in [-0.1, -0.05) is 52.7 Å². The molecular weight excluding hydrogens is 494 g/mol. The number of amides is 2. The smallest absolute Gasteiger partial charge is 0.263 e. The molecule has 3 aromatic rings. The summed E-state index contributed by atoms with van der Waals surface area (Å²) in [4.78, 5) is 36.3. The molecule has 8 heteroatoms. The van der Waals surface area contributed by atoms with Crippen LogP contribution in [0.5, 0.6) is 0 Å². The van der Waals surface area contributed by atoms with Crippen LogP contribution in [0.2, 0.25) is 0 Å². The molecule has 6 rings (SSSR count). The second-order valence-electron chi connectivity index (χ2n) is 9.89. The van der Waals surface area contributed by atoms with Gasteiger partial charge in [0.1, 0.15) is 0 Å². The van der Waals surface area contributed by atoms with Crippen molar-refractivity contribution in [3.05, 3.63) is 95.5 Å². The number of likely N-dealkylation sites (N-methyl/N-ethyl adjacent to an activating group) is 1. The van der Waals surface area contributed by atoms with Crippen molar-refractivity contribution >= 4 is 32.9 Å². The lowest BCUT2D eigenvalue weighted by atomic mass is 10.00. The number of aliphatic imine (C=N–C) groups is 1. The van der Waals surface area contributed by atoms with E-state index in [1.807, 2.05) is 46.1 Å². The third-order valence-electron chi connectivity index (χ3n) is 7.43. The number of nitrogens with one attached hydrogen (secondary N) is 1. The lowest BCUT2D eigenvalue weighted by Crippen LogP contribution is -2.44. The van der Waals surface area contributed by atoms with Crippen molar-refractivity contribution in [2.24, 2.45) is 4.99 Å². The molecule has 0 aliphatic carbocycles. The second-order valence-corrected chi connectivity index (χ2v) is 12.7. The SMILES string of the molecule is CC(=O)NC1=NC=CS1(c1ccccc1)N1Cc2ccc(-c3ccc(N4CCN(C)CC4)cc3)cc2C1=O. The maximum atomic E-state index is 14.0. The molecule has 3 aliphatic rings. The summed E-state index contributed by atoms with van der Waals surface area (Å²) in [5.74, 6) is -0.244. The molecule has 1 saturated heterocycles. The van der Waals surface area contributed by atoms with E-state index in [-0.39, 0.29) is 11.8 Å². The summed E-state index contributed by atoms with van der Waals surface area (Å²) in [6, 6.07) is 24.7. The number of carbonyl (C=O) groups is 2. The highest BCUT2D eigenvalue weighted by Gasteiger charge is 2.45. The Kier molecular flexibility index (Phi) is 6.29. The number of piperazine rings is 1. The zero-order valence-electron chi connectivity index (χ0n) is 21.6. The zero-order valence-corrected chi connectivity index (χ0v) is 22.4. The number of benzene rings is 3. The first-order valence-electron chi connectivity index (χ1n) is 12.8. The standard InChI is InChI=1S/C30H31N5O2S/c1-22(36)32-30-31-14-19-38(30,27-6-4-3-5-7-27)35-21-25-9-8-24(20-28(25)29(35)37)23-10-12-26(13-11-23)34-17-15-33(2)16-18-34/h3-14,19-20H,15-18,21H2,1-2H3,(H,31,32,36). The quantitative estimate of drug-likeness (QED) is 0.531. The van der Waals surface area contributed by atoms with Crippen molar-refractivity contribution in [1.82, 2.24) is 14.5 Å². The van der Waals surface area contributed by atoms with Crippen LogP contribution in [0.3, 0.4) is 0 Å². The van der Waals surface area contributed by atoms with Gasteiger partial charge in [-0.15, -0.1) is 0 Å². The van der Waals surface area contributed by atoms with Crippen LogP contribution in [0.4, 0.5) is 5.69 Å². The van der Waals surface area contributed by atoms with Gasteiger partial charge in [-0.3, -0.25) is 13.9 Å². The number of nitrogens with zero attached hydrogens (tertiary/aromatic N) is 4. The maximum Gasteiger partial charge on any atom is 0.263 e. The summed E-state index contributed by atoms with van der Waals surface area (Å²) >= 11 is 0. The van der Waals surface area contributed by atoms with Crippen LogP contribution in [-0.4, -0.2) is 59.4 Å². The van der Waals surface area contributed by atoms with Gasteiger partial charge >= 0.3 is 0 Å². The molecule has 3 heterocycles. The Morgan fingerprint density at radius 1 is 0.921 bits per heavy atom. The third-order valence-corrected chi connectivity index (χ3v) is 10.7. The number of rotatable bonds is 4. The minimum absolute atomic E-state index is 0.0423. The minimum Gasteiger partial charge on any atom is -0.369 e. The Balaban J connectivity index is 1.31. The Bertz CT molecular complexity index is 1450. The summed E-state index contributed by atoms with van der Waals surface area (Å²) in [6.45, 7) is 6.13. The van der Waals surface area contributed by atoms with Crippen molar-refractivity contribution < 1.29 is 9.59 Å². The Hall–Kier alpha value is -3.88. The predicted octanol–water partition coefficient (Wildman–Crippen LogP) is 4.82. The maximum absolute atomic E-state index is 14.0. The summed E-state index contributed by atoms with van der Waals surface area (Å²) in [5, 5.41) is 5.42. The van der Waals surface area contributed by atoms with E-state index in [0.717, 1.165) is 47.8 Å². The van der Waals surface area contributed by atoms with E-state index < -0.39 is 10.2 Å². The lowest BCUT2D eigenvalue weighted by Gasteiger charge is -2.43. The average Bonchev–Trinajstić information content (AvgIpc) is 3.50. The number of carbonyl (C=O) groups excluding carboxylic acids is 2. The molecule has 1 N–H and O–H groups in total. The molecule has 1 atom stereocenters. The van der Waals surface area contributed by atoms with Gasteiger partial charge in [0.2, 0.25) is 5.91 Å². The first-order valence-corrected chi connectivity index (χ1v) is 14.5. The molecule has 194 valence electrons. The highest BCUT2D eigenvalue weighted by atomic mass is 32.3. The fourth-order valence-corrected chi connectivity index (χ4v) is 8.48. The molecule has 3 aliphatic heterocycles. The van der Waals surface area contributed by atoms with Crippen molar-refractivity contribution in [2.45, 2.75) is 18.4 Å². The summed E-state index contributed by atoms with van der Waals surface area (Å²) in [7, 11) is 0.00481. The third kappa shape index (κ3) is 4.19. The molecule has 0 saturated carbocycles. The van der Waals surface area contributed by atoms with Crippen molar-refractivity contribution in [3.8, 4) is 11.1 Å². The second kappa shape index (κ2) is 9.78. The molecule has 1 fully saturated rings. The largest absolute Gasteiger partial charge is 0.369 e. The normalized spacial score (nSPS) is 22.7. The van der Waals surface area contributed by atoms with E-state index in [4.69, 9.17) is 0 Å². The minimum atomic E-state index is -2.16. The highest BCUT2D eigenvalue weighted by Crippen LogP contribution is 2.64. The van der Waals surface area contributed by atoms with Crippen molar-refractivity contribution in [1.29, 1.82) is 0 Å². The van der Waals surface area contributed by atoms with E-state index in [1.165, 1.54) is 12.6 Å². The van der Waals surface area contributed by atoms with Crippen molar-refractivity contribution in [2.75, 3.05) is 38.1 Å². The van der Waals surface area contributed by atoms with Gasteiger partial charge in [-0.2, -0.15) is 0 Å². The highest BCUT2D eigenvalue weighted by molar-refractivity contribution is 8.46. The van der Waals surface area contributed by atoms with Crippen LogP contribution in [0.25, 0.3) is 11.1 Å². The molecule has 0 spiro atoms. The summed E-state index contributed by atoms with van der Waals surface area (Å²) < 4.78 is 1.89. The Morgan fingerprint density at radius 3 is 2.34 bits per heavy atom. The fourth-order valence-electron chi connectivity index (χ4n) is 5.33. The van der Waals surface area contributed by atoms with E-state index in [9.17, 15) is 9.59 Å². The monoisotopic (exact) mass is 525 g/mol. The van der Waals surface area contributed by atoms with Crippen LogP contribution in [0.15, 0.2) is 94.3 Å². The van der Waals surface area contributed by atoms with Gasteiger partial charge in [-0.05, 0) is 54.1 Å². The Morgan fingerprint density at radius 2 is 1.63 bits per heavy atom. The fraction of sp³-hybridized carbons (Fsp3) is 0.233. The van der Waals surface area contributed by atoms with Crippen LogP contribution in [0, 0.1) is 0 Å². The molecule has 1 unspecified atom stereocenters. The van der Waals surface area contributed by atoms with E-state index in [0.29, 0.717) is 17.3 Å². The predicted molar refractivity (Wildman–Crippen MR) is 154 cm³/mol. The van der Waals surface area contributed by atoms with Crippen LogP contribution in [-0.2, 0) is 11.3 Å². The van der Waals surface area contributed by atoms with Gasteiger partial charge in [0, 0.05) is 60.9 Å². The summed E-state index contributed by atoms with van der Waals surface area (Å²) in [6.07, 6.45) is 1.71. The van der Waals surface area contributed by atoms with E-state index >= 15 is 0 Å².